The van der Waals surface area contributed by atoms with Crippen LogP contribution in [0.15, 0.2) is 59.8 Å². The first-order valence-corrected chi connectivity index (χ1v) is 10.8. The summed E-state index contributed by atoms with van der Waals surface area (Å²) in [6, 6.07) is 16.2. The Morgan fingerprint density at radius 1 is 1.03 bits per heavy atom. The standard InChI is InChI=1S/C21H17N5O2S2/c1-12-23-18-17(13-5-3-2-4-6-13)25-21(26-20(18)30-12)29-11-16(27)24-15-9-7-14(8-10-15)19(22)28/h2-10H,11H2,1H3,(H2,22,28)(H,24,27). The molecule has 2 amide bonds. The SMILES string of the molecule is Cc1nc2c(-c3ccccc3)nc(SCC(=O)Nc3ccc(C(N)=O)cc3)nc2s1. The van der Waals surface area contributed by atoms with E-state index in [-0.39, 0.29) is 11.7 Å². The van der Waals surface area contributed by atoms with Gasteiger partial charge in [-0.1, -0.05) is 53.4 Å². The van der Waals surface area contributed by atoms with Crippen LogP contribution >= 0.6 is 23.1 Å². The number of carbonyl (C=O) groups is 2. The average Bonchev–Trinajstić information content (AvgIpc) is 3.12. The maximum Gasteiger partial charge on any atom is 0.248 e. The second-order valence-corrected chi connectivity index (χ2v) is 8.51. The molecule has 0 aliphatic heterocycles. The number of benzene rings is 2. The second kappa shape index (κ2) is 8.60. The number of hydrogen-bond donors (Lipinski definition) is 2. The van der Waals surface area contributed by atoms with Gasteiger partial charge in [-0.25, -0.2) is 15.0 Å². The van der Waals surface area contributed by atoms with Gasteiger partial charge in [-0.3, -0.25) is 9.59 Å². The van der Waals surface area contributed by atoms with E-state index in [0.717, 1.165) is 26.6 Å². The summed E-state index contributed by atoms with van der Waals surface area (Å²) in [5.41, 5.74) is 8.68. The van der Waals surface area contributed by atoms with Crippen LogP contribution in [-0.2, 0) is 4.79 Å². The van der Waals surface area contributed by atoms with E-state index in [1.165, 1.54) is 23.1 Å². The molecule has 0 saturated heterocycles. The van der Waals surface area contributed by atoms with Gasteiger partial charge >= 0.3 is 0 Å². The Balaban J connectivity index is 1.51. The number of aryl methyl sites for hydroxylation is 1. The smallest absolute Gasteiger partial charge is 0.248 e. The van der Waals surface area contributed by atoms with Crippen LogP contribution in [-0.4, -0.2) is 32.5 Å². The van der Waals surface area contributed by atoms with Crippen molar-refractivity contribution in [2.45, 2.75) is 12.1 Å². The fraction of sp³-hybridized carbons (Fsp3) is 0.0952. The molecule has 0 saturated carbocycles. The van der Waals surface area contributed by atoms with Crippen LogP contribution < -0.4 is 11.1 Å². The summed E-state index contributed by atoms with van der Waals surface area (Å²) < 4.78 is 0. The average molecular weight is 436 g/mol. The van der Waals surface area contributed by atoms with Crippen LogP contribution in [0.5, 0.6) is 0 Å². The van der Waals surface area contributed by atoms with Crippen molar-refractivity contribution >= 4 is 50.9 Å². The number of nitrogens with zero attached hydrogens (tertiary/aromatic N) is 3. The van der Waals surface area contributed by atoms with Crippen LogP contribution in [0.25, 0.3) is 21.6 Å². The van der Waals surface area contributed by atoms with Crippen molar-refractivity contribution in [1.29, 1.82) is 0 Å². The number of fused-ring (bicyclic) bond motifs is 1. The molecule has 3 N–H and O–H groups in total. The third-order valence-electron chi connectivity index (χ3n) is 4.18. The number of rotatable bonds is 6. The molecule has 4 rings (SSSR count). The molecule has 2 aromatic heterocycles. The van der Waals surface area contributed by atoms with Gasteiger partial charge in [-0.15, -0.1) is 0 Å². The fourth-order valence-electron chi connectivity index (χ4n) is 2.81. The van der Waals surface area contributed by atoms with Crippen molar-refractivity contribution < 1.29 is 9.59 Å². The lowest BCUT2D eigenvalue weighted by molar-refractivity contribution is -0.113. The molecule has 150 valence electrons. The first kappa shape index (κ1) is 20.0. The molecule has 0 radical (unpaired) electrons. The highest BCUT2D eigenvalue weighted by Gasteiger charge is 2.15. The number of nitrogens with one attached hydrogen (secondary N) is 1. The maximum atomic E-state index is 12.3. The van der Waals surface area contributed by atoms with Gasteiger partial charge < -0.3 is 11.1 Å². The van der Waals surface area contributed by atoms with Gasteiger partial charge in [0.1, 0.15) is 16.0 Å². The zero-order valence-corrected chi connectivity index (χ0v) is 17.6. The predicted molar refractivity (Wildman–Crippen MR) is 120 cm³/mol. The maximum absolute atomic E-state index is 12.3. The van der Waals surface area contributed by atoms with Gasteiger partial charge in [0.05, 0.1) is 10.8 Å². The molecule has 7 nitrogen and oxygen atoms in total. The predicted octanol–water partition coefficient (Wildman–Crippen LogP) is 3.89. The van der Waals surface area contributed by atoms with E-state index in [9.17, 15) is 9.59 Å². The van der Waals surface area contributed by atoms with Gasteiger partial charge in [-0.2, -0.15) is 0 Å². The van der Waals surface area contributed by atoms with Crippen molar-refractivity contribution in [1.82, 2.24) is 15.0 Å². The number of amides is 2. The summed E-state index contributed by atoms with van der Waals surface area (Å²) in [5, 5.41) is 4.22. The number of primary amides is 1. The number of carbonyl (C=O) groups excluding carboxylic acids is 2. The Labute approximate surface area is 180 Å². The van der Waals surface area contributed by atoms with Crippen LogP contribution in [0.2, 0.25) is 0 Å². The minimum absolute atomic E-state index is 0.148. The number of hydrogen-bond acceptors (Lipinski definition) is 7. The lowest BCUT2D eigenvalue weighted by Gasteiger charge is -2.07. The molecule has 0 fully saturated rings. The third-order valence-corrected chi connectivity index (χ3v) is 5.89. The molecule has 30 heavy (non-hydrogen) atoms. The first-order valence-electron chi connectivity index (χ1n) is 9.03. The van der Waals surface area contributed by atoms with Crippen LogP contribution in [0.4, 0.5) is 5.69 Å². The molecule has 2 aromatic carbocycles. The van der Waals surface area contributed by atoms with Crippen LogP contribution in [0, 0.1) is 6.92 Å². The van der Waals surface area contributed by atoms with E-state index < -0.39 is 5.91 Å². The van der Waals surface area contributed by atoms with Gasteiger partial charge in [0.2, 0.25) is 11.8 Å². The third kappa shape index (κ3) is 4.47. The molecule has 0 spiro atoms. The molecule has 4 aromatic rings. The molecular weight excluding hydrogens is 418 g/mol. The Kier molecular flexibility index (Phi) is 5.73. The van der Waals surface area contributed by atoms with E-state index in [4.69, 9.17) is 5.73 Å². The molecule has 2 heterocycles. The summed E-state index contributed by atoms with van der Waals surface area (Å²) in [7, 11) is 0. The summed E-state index contributed by atoms with van der Waals surface area (Å²) in [4.78, 5) is 38.1. The lowest BCUT2D eigenvalue weighted by Crippen LogP contribution is -2.15. The van der Waals surface area contributed by atoms with Crippen molar-refractivity contribution in [3.63, 3.8) is 0 Å². The highest BCUT2D eigenvalue weighted by molar-refractivity contribution is 7.99. The molecule has 0 atom stereocenters. The number of aromatic nitrogens is 3. The van der Waals surface area contributed by atoms with E-state index in [1.54, 1.807) is 24.3 Å². The quantitative estimate of drug-likeness (QED) is 0.351. The Bertz CT molecular complexity index is 1220. The topological polar surface area (TPSA) is 111 Å². The molecule has 0 aliphatic rings. The lowest BCUT2D eigenvalue weighted by atomic mass is 10.1. The normalized spacial score (nSPS) is 10.8. The van der Waals surface area contributed by atoms with Crippen LogP contribution in [0.1, 0.15) is 15.4 Å². The van der Waals surface area contributed by atoms with Gasteiger partial charge in [-0.05, 0) is 31.2 Å². The first-order chi connectivity index (χ1) is 14.5. The van der Waals surface area contributed by atoms with Gasteiger partial charge in [0, 0.05) is 16.8 Å². The number of anilines is 1. The van der Waals surface area contributed by atoms with Gasteiger partial charge in [0.25, 0.3) is 0 Å². The Morgan fingerprint density at radius 3 is 2.47 bits per heavy atom. The summed E-state index contributed by atoms with van der Waals surface area (Å²) in [6.07, 6.45) is 0. The van der Waals surface area contributed by atoms with Crippen molar-refractivity contribution in [3.05, 3.63) is 65.2 Å². The van der Waals surface area contributed by atoms with Crippen molar-refractivity contribution in [2.75, 3.05) is 11.1 Å². The zero-order valence-electron chi connectivity index (χ0n) is 16.0. The minimum Gasteiger partial charge on any atom is -0.366 e. The number of nitrogens with two attached hydrogens (primary N) is 1. The van der Waals surface area contributed by atoms with Crippen LogP contribution in [0.3, 0.4) is 0 Å². The fourth-order valence-corrected chi connectivity index (χ4v) is 4.30. The summed E-state index contributed by atoms with van der Waals surface area (Å²) in [6.45, 7) is 1.94. The largest absolute Gasteiger partial charge is 0.366 e. The van der Waals surface area contributed by atoms with Gasteiger partial charge in [0.15, 0.2) is 5.16 Å². The summed E-state index contributed by atoms with van der Waals surface area (Å²) in [5.74, 6) is -0.560. The molecule has 9 heteroatoms. The van der Waals surface area contributed by atoms with E-state index >= 15 is 0 Å². The Morgan fingerprint density at radius 2 is 1.77 bits per heavy atom. The Hall–Kier alpha value is -3.30. The molecular formula is C21H17N5O2S2. The highest BCUT2D eigenvalue weighted by Crippen LogP contribution is 2.31. The van der Waals surface area contributed by atoms with E-state index in [2.05, 4.69) is 20.3 Å². The molecule has 0 aliphatic carbocycles. The molecule has 0 bridgehead atoms. The van der Waals surface area contributed by atoms with Crippen molar-refractivity contribution in [2.24, 2.45) is 5.73 Å². The summed E-state index contributed by atoms with van der Waals surface area (Å²) >= 11 is 2.76. The van der Waals surface area contributed by atoms with Crippen molar-refractivity contribution in [3.8, 4) is 11.3 Å². The number of thioether (sulfide) groups is 1. The zero-order chi connectivity index (χ0) is 21.1. The van der Waals surface area contributed by atoms with E-state index in [1.807, 2.05) is 37.3 Å². The second-order valence-electron chi connectivity index (χ2n) is 6.39. The monoisotopic (exact) mass is 435 g/mol. The highest BCUT2D eigenvalue weighted by atomic mass is 32.2. The number of thiazole rings is 1. The minimum atomic E-state index is -0.511. The molecule has 0 unspecified atom stereocenters. The van der Waals surface area contributed by atoms with E-state index in [0.29, 0.717) is 16.4 Å².